The first-order valence-corrected chi connectivity index (χ1v) is 13.3. The molecule has 2 aliphatic heterocycles. The zero-order chi connectivity index (χ0) is 27.7. The fourth-order valence-electron chi connectivity index (χ4n) is 5.30. The van der Waals surface area contributed by atoms with Gasteiger partial charge in [0.25, 0.3) is 5.91 Å². The molecule has 0 N–H and O–H groups in total. The third kappa shape index (κ3) is 5.42. The minimum absolute atomic E-state index is 0.0630. The molecule has 2 fully saturated rings. The van der Waals surface area contributed by atoms with Crippen LogP contribution in [0.25, 0.3) is 0 Å². The number of anilines is 2. The molecule has 3 aromatic rings. The van der Waals surface area contributed by atoms with Crippen molar-refractivity contribution < 1.29 is 13.6 Å². The number of nitrogens with zero attached hydrogens (tertiary/aromatic N) is 7. The van der Waals surface area contributed by atoms with Gasteiger partial charge in [-0.2, -0.15) is 5.26 Å². The van der Waals surface area contributed by atoms with Crippen LogP contribution in [0.4, 0.5) is 20.3 Å². The number of benzene rings is 1. The zero-order valence-electron chi connectivity index (χ0n) is 22.0. The SMILES string of the molecule is Cc1c(CN2CCN(c3ncccc3Cl)CC2)cc(C(=O)N2CCN(c3cc(F)c(F)cc3C#N)CC2)n1C. The van der Waals surface area contributed by atoms with E-state index in [-0.39, 0.29) is 11.5 Å². The summed E-state index contributed by atoms with van der Waals surface area (Å²) in [7, 11) is 1.91. The number of piperazine rings is 2. The van der Waals surface area contributed by atoms with E-state index < -0.39 is 11.6 Å². The number of hydrogen-bond acceptors (Lipinski definition) is 6. The Morgan fingerprint density at radius 3 is 2.36 bits per heavy atom. The lowest BCUT2D eigenvalue weighted by Crippen LogP contribution is -2.49. The average Bonchev–Trinajstić information content (AvgIpc) is 3.23. The predicted octanol–water partition coefficient (Wildman–Crippen LogP) is 3.82. The average molecular weight is 554 g/mol. The van der Waals surface area contributed by atoms with E-state index in [0.717, 1.165) is 61.9 Å². The second-order valence-corrected chi connectivity index (χ2v) is 10.4. The molecule has 0 radical (unpaired) electrons. The highest BCUT2D eigenvalue weighted by Gasteiger charge is 2.28. The smallest absolute Gasteiger partial charge is 0.270 e. The lowest BCUT2D eigenvalue weighted by molar-refractivity contribution is 0.0737. The van der Waals surface area contributed by atoms with Gasteiger partial charge in [0, 0.05) is 83.9 Å². The van der Waals surface area contributed by atoms with Crippen molar-refractivity contribution in [3.8, 4) is 6.07 Å². The molecule has 0 atom stereocenters. The van der Waals surface area contributed by atoms with Crippen molar-refractivity contribution in [3.05, 3.63) is 75.7 Å². The van der Waals surface area contributed by atoms with Gasteiger partial charge in [0.15, 0.2) is 11.6 Å². The molecule has 0 saturated carbocycles. The lowest BCUT2D eigenvalue weighted by Gasteiger charge is -2.36. The Balaban J connectivity index is 1.21. The van der Waals surface area contributed by atoms with Gasteiger partial charge in [-0.1, -0.05) is 11.6 Å². The molecule has 11 heteroatoms. The molecule has 0 bridgehead atoms. The summed E-state index contributed by atoms with van der Waals surface area (Å²) in [6.45, 7) is 7.83. The third-order valence-corrected chi connectivity index (χ3v) is 8.03. The number of rotatable bonds is 5. The zero-order valence-corrected chi connectivity index (χ0v) is 22.8. The van der Waals surface area contributed by atoms with E-state index in [1.165, 1.54) is 0 Å². The summed E-state index contributed by atoms with van der Waals surface area (Å²) in [6.07, 6.45) is 1.76. The van der Waals surface area contributed by atoms with Crippen molar-refractivity contribution in [2.75, 3.05) is 62.2 Å². The highest BCUT2D eigenvalue weighted by molar-refractivity contribution is 6.32. The van der Waals surface area contributed by atoms with Crippen LogP contribution in [0.5, 0.6) is 0 Å². The first-order chi connectivity index (χ1) is 18.8. The van der Waals surface area contributed by atoms with Crippen LogP contribution in [0, 0.1) is 29.9 Å². The maximum atomic E-state index is 13.9. The van der Waals surface area contributed by atoms with E-state index in [1.807, 2.05) is 47.7 Å². The number of nitriles is 1. The van der Waals surface area contributed by atoms with Gasteiger partial charge in [0.2, 0.25) is 0 Å². The number of pyridine rings is 1. The Morgan fingerprint density at radius 1 is 1.03 bits per heavy atom. The monoisotopic (exact) mass is 553 g/mol. The summed E-state index contributed by atoms with van der Waals surface area (Å²) in [5.41, 5.74) is 3.23. The standard InChI is InChI=1S/C28H30ClF2N7O/c1-19-21(18-35-6-8-37(9-7-35)27-22(29)4-3-5-33-27)15-26(34(19)2)28(39)38-12-10-36(11-13-38)25-16-24(31)23(30)14-20(25)17-32/h3-5,14-16H,6-13,18H2,1-2H3. The third-order valence-electron chi connectivity index (χ3n) is 7.73. The maximum absolute atomic E-state index is 13.9. The molecular weight excluding hydrogens is 524 g/mol. The molecule has 5 rings (SSSR count). The number of aromatic nitrogens is 2. The van der Waals surface area contributed by atoms with Crippen molar-refractivity contribution in [2.45, 2.75) is 13.5 Å². The molecular formula is C28H30ClF2N7O. The Morgan fingerprint density at radius 2 is 1.69 bits per heavy atom. The quantitative estimate of drug-likeness (QED) is 0.478. The Hall–Kier alpha value is -3.68. The molecule has 2 aromatic heterocycles. The second-order valence-electron chi connectivity index (χ2n) is 9.95. The van der Waals surface area contributed by atoms with E-state index in [1.54, 1.807) is 11.1 Å². The molecule has 1 amide bonds. The summed E-state index contributed by atoms with van der Waals surface area (Å²) in [5, 5.41) is 10.0. The molecule has 0 aliphatic carbocycles. The molecule has 4 heterocycles. The maximum Gasteiger partial charge on any atom is 0.270 e. The molecule has 204 valence electrons. The minimum atomic E-state index is -1.04. The summed E-state index contributed by atoms with van der Waals surface area (Å²) < 4.78 is 29.4. The van der Waals surface area contributed by atoms with E-state index >= 15 is 0 Å². The fourth-order valence-corrected chi connectivity index (χ4v) is 5.54. The van der Waals surface area contributed by atoms with Crippen molar-refractivity contribution in [3.63, 3.8) is 0 Å². The van der Waals surface area contributed by atoms with Gasteiger partial charge in [0.1, 0.15) is 17.6 Å². The molecule has 1 aromatic carbocycles. The van der Waals surface area contributed by atoms with Crippen LogP contribution in [-0.2, 0) is 13.6 Å². The van der Waals surface area contributed by atoms with Gasteiger partial charge < -0.3 is 19.3 Å². The van der Waals surface area contributed by atoms with Gasteiger partial charge in [-0.25, -0.2) is 13.8 Å². The van der Waals surface area contributed by atoms with Crippen LogP contribution in [0.1, 0.15) is 27.3 Å². The van der Waals surface area contributed by atoms with E-state index in [9.17, 15) is 18.8 Å². The van der Waals surface area contributed by atoms with Crippen LogP contribution >= 0.6 is 11.6 Å². The van der Waals surface area contributed by atoms with E-state index in [2.05, 4.69) is 14.8 Å². The topological polar surface area (TPSA) is 71.6 Å². The van der Waals surface area contributed by atoms with Crippen molar-refractivity contribution in [1.29, 1.82) is 5.26 Å². The van der Waals surface area contributed by atoms with Crippen LogP contribution in [0.15, 0.2) is 36.5 Å². The summed E-state index contributed by atoms with van der Waals surface area (Å²) >= 11 is 6.32. The van der Waals surface area contributed by atoms with Crippen molar-refractivity contribution >= 4 is 29.0 Å². The van der Waals surface area contributed by atoms with Crippen molar-refractivity contribution in [2.24, 2.45) is 7.05 Å². The van der Waals surface area contributed by atoms with Gasteiger partial charge in [-0.15, -0.1) is 0 Å². The molecule has 2 saturated heterocycles. The Bertz CT molecular complexity index is 1420. The molecule has 39 heavy (non-hydrogen) atoms. The van der Waals surface area contributed by atoms with Gasteiger partial charge in [-0.3, -0.25) is 9.69 Å². The highest BCUT2D eigenvalue weighted by Crippen LogP contribution is 2.27. The van der Waals surface area contributed by atoms with Crippen molar-refractivity contribution in [1.82, 2.24) is 19.4 Å². The normalized spacial score (nSPS) is 16.5. The van der Waals surface area contributed by atoms with Crippen LogP contribution in [0.2, 0.25) is 5.02 Å². The lowest BCUT2D eigenvalue weighted by atomic mass is 10.1. The number of carbonyl (C=O) groups excluding carboxylic acids is 1. The van der Waals surface area contributed by atoms with Gasteiger partial charge >= 0.3 is 0 Å². The number of hydrogen-bond donors (Lipinski definition) is 0. The van der Waals surface area contributed by atoms with Crippen LogP contribution in [0.3, 0.4) is 0 Å². The number of carbonyl (C=O) groups is 1. The van der Waals surface area contributed by atoms with Gasteiger partial charge in [0.05, 0.1) is 16.3 Å². The first-order valence-electron chi connectivity index (χ1n) is 12.9. The Labute approximate surface area is 231 Å². The summed E-state index contributed by atoms with van der Waals surface area (Å²) in [4.78, 5) is 26.1. The first kappa shape index (κ1) is 26.9. The Kier molecular flexibility index (Phi) is 7.73. The highest BCUT2D eigenvalue weighted by atomic mass is 35.5. The van der Waals surface area contributed by atoms with Gasteiger partial charge in [-0.05, 0) is 36.8 Å². The van der Waals surface area contributed by atoms with Crippen LogP contribution in [-0.4, -0.2) is 77.6 Å². The van der Waals surface area contributed by atoms with Crippen LogP contribution < -0.4 is 9.80 Å². The largest absolute Gasteiger partial charge is 0.367 e. The fraction of sp³-hybridized carbons (Fsp3) is 0.393. The second kappa shape index (κ2) is 11.2. The summed E-state index contributed by atoms with van der Waals surface area (Å²) in [6, 6.07) is 9.58. The number of halogens is 3. The summed E-state index contributed by atoms with van der Waals surface area (Å²) in [5.74, 6) is -1.28. The number of amides is 1. The van der Waals surface area contributed by atoms with E-state index in [4.69, 9.17) is 11.6 Å². The molecule has 0 spiro atoms. The van der Waals surface area contributed by atoms with E-state index in [0.29, 0.717) is 42.6 Å². The predicted molar refractivity (Wildman–Crippen MR) is 146 cm³/mol. The molecule has 0 unspecified atom stereocenters. The molecule has 2 aliphatic rings. The minimum Gasteiger partial charge on any atom is -0.367 e. The molecule has 8 nitrogen and oxygen atoms in total.